The summed E-state index contributed by atoms with van der Waals surface area (Å²) in [5, 5.41) is 0. The second-order valence-electron chi connectivity index (χ2n) is 5.53. The number of benzene rings is 1. The third kappa shape index (κ3) is 3.19. The number of sulfone groups is 1. The van der Waals surface area contributed by atoms with Crippen LogP contribution in [0.2, 0.25) is 0 Å². The molecule has 1 saturated heterocycles. The Morgan fingerprint density at radius 3 is 2.60 bits per heavy atom. The van der Waals surface area contributed by atoms with Crippen LogP contribution >= 0.6 is 0 Å². The Bertz CT molecular complexity index is 574. The van der Waals surface area contributed by atoms with Crippen LogP contribution in [0.3, 0.4) is 0 Å². The highest BCUT2D eigenvalue weighted by atomic mass is 32.2. The number of nitrogens with two attached hydrogens (primary N) is 1. The van der Waals surface area contributed by atoms with Crippen LogP contribution in [-0.2, 0) is 9.84 Å². The quantitative estimate of drug-likeness (QED) is 0.915. The van der Waals surface area contributed by atoms with E-state index in [0.29, 0.717) is 12.1 Å². The summed E-state index contributed by atoms with van der Waals surface area (Å²) in [6.45, 7) is 4.07. The van der Waals surface area contributed by atoms with Crippen molar-refractivity contribution in [3.05, 3.63) is 35.6 Å². The molecule has 0 saturated carbocycles. The molecule has 6 heteroatoms. The molecular formula is C14H21FN2O2S. The van der Waals surface area contributed by atoms with E-state index in [4.69, 9.17) is 5.73 Å². The molecule has 4 nitrogen and oxygen atoms in total. The molecule has 2 rings (SSSR count). The summed E-state index contributed by atoms with van der Waals surface area (Å²) in [5.74, 6) is -0.0879. The van der Waals surface area contributed by atoms with E-state index in [-0.39, 0.29) is 35.4 Å². The molecule has 1 heterocycles. The number of rotatable bonds is 3. The van der Waals surface area contributed by atoms with Crippen molar-refractivity contribution in [2.45, 2.75) is 32.0 Å². The smallest absolute Gasteiger partial charge is 0.153 e. The van der Waals surface area contributed by atoms with Crippen molar-refractivity contribution in [2.24, 2.45) is 5.73 Å². The third-order valence-electron chi connectivity index (χ3n) is 3.80. The van der Waals surface area contributed by atoms with Crippen LogP contribution in [-0.4, -0.2) is 43.5 Å². The summed E-state index contributed by atoms with van der Waals surface area (Å²) in [6, 6.07) is 5.80. The summed E-state index contributed by atoms with van der Waals surface area (Å²) in [7, 11) is -2.99. The lowest BCUT2D eigenvalue weighted by atomic mass is 9.97. The van der Waals surface area contributed by atoms with Crippen LogP contribution in [0.5, 0.6) is 0 Å². The third-order valence-corrected chi connectivity index (χ3v) is 5.60. The second-order valence-corrected chi connectivity index (χ2v) is 7.76. The molecule has 0 radical (unpaired) electrons. The van der Waals surface area contributed by atoms with Gasteiger partial charge in [0.05, 0.1) is 17.5 Å². The molecule has 112 valence electrons. The minimum absolute atomic E-state index is 0.102. The van der Waals surface area contributed by atoms with Crippen LogP contribution in [0.25, 0.3) is 0 Å². The monoisotopic (exact) mass is 300 g/mol. The zero-order valence-corrected chi connectivity index (χ0v) is 12.6. The SMILES string of the molecule is CC(N)C(c1ccccc1F)N1CCS(=O)(=O)CC1C. The summed E-state index contributed by atoms with van der Waals surface area (Å²) in [4.78, 5) is 2.00. The van der Waals surface area contributed by atoms with Gasteiger partial charge < -0.3 is 5.73 Å². The Labute approximate surface area is 119 Å². The lowest BCUT2D eigenvalue weighted by Gasteiger charge is -2.41. The molecule has 1 aliphatic rings. The van der Waals surface area contributed by atoms with E-state index in [1.807, 2.05) is 18.7 Å². The molecule has 1 aromatic carbocycles. The lowest BCUT2D eigenvalue weighted by Crippen LogP contribution is -2.52. The van der Waals surface area contributed by atoms with Gasteiger partial charge in [-0.25, -0.2) is 12.8 Å². The number of hydrogen-bond donors (Lipinski definition) is 1. The maximum absolute atomic E-state index is 14.0. The molecule has 0 amide bonds. The molecule has 3 unspecified atom stereocenters. The molecule has 20 heavy (non-hydrogen) atoms. The fraction of sp³-hybridized carbons (Fsp3) is 0.571. The van der Waals surface area contributed by atoms with Crippen molar-refractivity contribution in [3.8, 4) is 0 Å². The standard InChI is InChI=1S/C14H21FN2O2S/c1-10-9-20(18,19)8-7-17(10)14(11(2)16)12-5-3-4-6-13(12)15/h3-6,10-11,14H,7-9,16H2,1-2H3. The van der Waals surface area contributed by atoms with Crippen molar-refractivity contribution in [1.29, 1.82) is 0 Å². The zero-order valence-electron chi connectivity index (χ0n) is 11.8. The van der Waals surface area contributed by atoms with Gasteiger partial charge in [-0.1, -0.05) is 18.2 Å². The predicted molar refractivity (Wildman–Crippen MR) is 77.6 cm³/mol. The molecular weight excluding hydrogens is 279 g/mol. The highest BCUT2D eigenvalue weighted by Crippen LogP contribution is 2.29. The topological polar surface area (TPSA) is 63.4 Å². The van der Waals surface area contributed by atoms with Gasteiger partial charge in [-0.3, -0.25) is 4.90 Å². The van der Waals surface area contributed by atoms with Crippen molar-refractivity contribution < 1.29 is 12.8 Å². The first-order valence-electron chi connectivity index (χ1n) is 6.78. The predicted octanol–water partition coefficient (Wildman–Crippen LogP) is 1.33. The number of halogens is 1. The minimum atomic E-state index is -2.99. The number of hydrogen-bond acceptors (Lipinski definition) is 4. The minimum Gasteiger partial charge on any atom is -0.326 e. The largest absolute Gasteiger partial charge is 0.326 e. The van der Waals surface area contributed by atoms with Gasteiger partial charge in [0.2, 0.25) is 0 Å². The molecule has 2 N–H and O–H groups in total. The summed E-state index contributed by atoms with van der Waals surface area (Å²) in [6.07, 6.45) is 0. The fourth-order valence-electron chi connectivity index (χ4n) is 2.90. The Balaban J connectivity index is 2.33. The Morgan fingerprint density at radius 1 is 1.40 bits per heavy atom. The molecule has 0 spiro atoms. The summed E-state index contributed by atoms with van der Waals surface area (Å²) < 4.78 is 37.4. The Hall–Kier alpha value is -0.980. The van der Waals surface area contributed by atoms with Gasteiger partial charge in [0.1, 0.15) is 5.82 Å². The highest BCUT2D eigenvalue weighted by molar-refractivity contribution is 7.91. The maximum Gasteiger partial charge on any atom is 0.153 e. The summed E-state index contributed by atoms with van der Waals surface area (Å²) >= 11 is 0. The van der Waals surface area contributed by atoms with Gasteiger partial charge in [0, 0.05) is 24.2 Å². The molecule has 1 aliphatic heterocycles. The van der Waals surface area contributed by atoms with Gasteiger partial charge in [-0.15, -0.1) is 0 Å². The van der Waals surface area contributed by atoms with Crippen LogP contribution < -0.4 is 5.73 Å². The van der Waals surface area contributed by atoms with Gasteiger partial charge in [0.25, 0.3) is 0 Å². The normalized spacial score (nSPS) is 26.1. The number of nitrogens with zero attached hydrogens (tertiary/aromatic N) is 1. The van der Waals surface area contributed by atoms with Gasteiger partial charge in [-0.05, 0) is 19.9 Å². The zero-order chi connectivity index (χ0) is 14.9. The van der Waals surface area contributed by atoms with Crippen LogP contribution in [0.4, 0.5) is 4.39 Å². The first-order valence-corrected chi connectivity index (χ1v) is 8.60. The molecule has 1 aromatic rings. The van der Waals surface area contributed by atoms with E-state index in [9.17, 15) is 12.8 Å². The van der Waals surface area contributed by atoms with Crippen LogP contribution in [0, 0.1) is 5.82 Å². The Morgan fingerprint density at radius 2 is 2.05 bits per heavy atom. The van der Waals surface area contributed by atoms with E-state index in [1.54, 1.807) is 18.2 Å². The van der Waals surface area contributed by atoms with Crippen LogP contribution in [0.15, 0.2) is 24.3 Å². The first kappa shape index (κ1) is 15.4. The molecule has 1 fully saturated rings. The van der Waals surface area contributed by atoms with Gasteiger partial charge in [-0.2, -0.15) is 0 Å². The molecule has 0 aromatic heterocycles. The second kappa shape index (κ2) is 5.79. The lowest BCUT2D eigenvalue weighted by molar-refractivity contribution is 0.137. The van der Waals surface area contributed by atoms with Gasteiger partial charge in [0.15, 0.2) is 9.84 Å². The van der Waals surface area contributed by atoms with E-state index >= 15 is 0 Å². The average Bonchev–Trinajstić information content (AvgIpc) is 2.33. The average molecular weight is 300 g/mol. The van der Waals surface area contributed by atoms with Crippen molar-refractivity contribution in [1.82, 2.24) is 4.90 Å². The van der Waals surface area contributed by atoms with Gasteiger partial charge >= 0.3 is 0 Å². The molecule has 0 bridgehead atoms. The van der Waals surface area contributed by atoms with Crippen molar-refractivity contribution in [2.75, 3.05) is 18.1 Å². The highest BCUT2D eigenvalue weighted by Gasteiger charge is 2.35. The van der Waals surface area contributed by atoms with Crippen molar-refractivity contribution in [3.63, 3.8) is 0 Å². The van der Waals surface area contributed by atoms with Crippen LogP contribution in [0.1, 0.15) is 25.5 Å². The summed E-state index contributed by atoms with van der Waals surface area (Å²) in [5.41, 5.74) is 6.58. The maximum atomic E-state index is 14.0. The molecule has 0 aliphatic carbocycles. The van der Waals surface area contributed by atoms with E-state index in [0.717, 1.165) is 0 Å². The van der Waals surface area contributed by atoms with E-state index in [1.165, 1.54) is 6.07 Å². The first-order chi connectivity index (χ1) is 9.32. The molecule has 3 atom stereocenters. The van der Waals surface area contributed by atoms with E-state index in [2.05, 4.69) is 0 Å². The van der Waals surface area contributed by atoms with Crippen molar-refractivity contribution >= 4 is 9.84 Å². The van der Waals surface area contributed by atoms with E-state index < -0.39 is 9.84 Å². The fourth-order valence-corrected chi connectivity index (χ4v) is 4.49. The Kier molecular flexibility index (Phi) is 4.46.